The Morgan fingerprint density at radius 3 is 2.68 bits per heavy atom. The quantitative estimate of drug-likeness (QED) is 0.921. The van der Waals surface area contributed by atoms with Crippen molar-refractivity contribution < 1.29 is 4.79 Å². The number of anilines is 1. The third-order valence-corrected chi connectivity index (χ3v) is 4.20. The standard InChI is InChI=1S/C14H18Cl2N2O/c1-18-8-3-2-5-10(18)9-13(19)17-14-11(15)6-4-7-12(14)16/h4,6-7,10H,2-3,5,8-9H2,1H3,(H,17,19). The fourth-order valence-electron chi connectivity index (χ4n) is 2.42. The zero-order valence-corrected chi connectivity index (χ0v) is 12.5. The molecule has 1 aliphatic rings. The lowest BCUT2D eigenvalue weighted by atomic mass is 10.00. The second-order valence-electron chi connectivity index (χ2n) is 4.98. The number of hydrogen-bond donors (Lipinski definition) is 1. The van der Waals surface area contributed by atoms with Gasteiger partial charge >= 0.3 is 0 Å². The number of hydrogen-bond acceptors (Lipinski definition) is 2. The van der Waals surface area contributed by atoms with Crippen LogP contribution in [0.2, 0.25) is 10.0 Å². The number of para-hydroxylation sites is 1. The van der Waals surface area contributed by atoms with E-state index in [1.807, 2.05) is 0 Å². The summed E-state index contributed by atoms with van der Waals surface area (Å²) < 4.78 is 0. The topological polar surface area (TPSA) is 32.3 Å². The molecule has 1 aromatic carbocycles. The first-order valence-electron chi connectivity index (χ1n) is 6.52. The summed E-state index contributed by atoms with van der Waals surface area (Å²) in [7, 11) is 2.07. The second-order valence-corrected chi connectivity index (χ2v) is 5.79. The minimum absolute atomic E-state index is 0.0336. The van der Waals surface area contributed by atoms with Gasteiger partial charge in [0, 0.05) is 12.5 Å². The van der Waals surface area contributed by atoms with Crippen molar-refractivity contribution in [2.45, 2.75) is 31.7 Å². The Labute approximate surface area is 123 Å². The molecular formula is C14H18Cl2N2O. The van der Waals surface area contributed by atoms with Crippen LogP contribution in [0.25, 0.3) is 0 Å². The number of amides is 1. The summed E-state index contributed by atoms with van der Waals surface area (Å²) in [6, 6.07) is 5.51. The predicted molar refractivity (Wildman–Crippen MR) is 80.0 cm³/mol. The zero-order chi connectivity index (χ0) is 13.8. The molecular weight excluding hydrogens is 283 g/mol. The Kier molecular flexibility index (Phi) is 5.08. The molecule has 5 heteroatoms. The first-order chi connectivity index (χ1) is 9.08. The zero-order valence-electron chi connectivity index (χ0n) is 11.0. The van der Waals surface area contributed by atoms with Crippen LogP contribution >= 0.6 is 23.2 Å². The molecule has 2 rings (SSSR count). The summed E-state index contributed by atoms with van der Waals surface area (Å²) in [5.74, 6) is -0.0336. The Bertz CT molecular complexity index is 445. The van der Waals surface area contributed by atoms with E-state index >= 15 is 0 Å². The van der Waals surface area contributed by atoms with E-state index in [4.69, 9.17) is 23.2 Å². The lowest BCUT2D eigenvalue weighted by molar-refractivity contribution is -0.117. The number of benzene rings is 1. The molecule has 1 aliphatic heterocycles. The van der Waals surface area contributed by atoms with Crippen LogP contribution in [0, 0.1) is 0 Å². The molecule has 3 nitrogen and oxygen atoms in total. The monoisotopic (exact) mass is 300 g/mol. The normalized spacial score (nSPS) is 20.3. The SMILES string of the molecule is CN1CCCCC1CC(=O)Nc1c(Cl)cccc1Cl. The van der Waals surface area contributed by atoms with E-state index in [1.165, 1.54) is 12.8 Å². The molecule has 1 aromatic rings. The fraction of sp³-hybridized carbons (Fsp3) is 0.500. The molecule has 0 saturated carbocycles. The van der Waals surface area contributed by atoms with Crippen molar-refractivity contribution in [2.24, 2.45) is 0 Å². The van der Waals surface area contributed by atoms with Gasteiger partial charge in [-0.15, -0.1) is 0 Å². The van der Waals surface area contributed by atoms with Gasteiger partial charge in [0.05, 0.1) is 15.7 Å². The smallest absolute Gasteiger partial charge is 0.226 e. The lowest BCUT2D eigenvalue weighted by Crippen LogP contribution is -2.38. The third kappa shape index (κ3) is 3.85. The minimum atomic E-state index is -0.0336. The highest BCUT2D eigenvalue weighted by atomic mass is 35.5. The van der Waals surface area contributed by atoms with Gasteiger partial charge in [-0.25, -0.2) is 0 Å². The molecule has 0 radical (unpaired) electrons. The first-order valence-corrected chi connectivity index (χ1v) is 7.27. The van der Waals surface area contributed by atoms with E-state index in [1.54, 1.807) is 18.2 Å². The van der Waals surface area contributed by atoms with Gasteiger partial charge in [-0.05, 0) is 38.6 Å². The molecule has 1 atom stereocenters. The van der Waals surface area contributed by atoms with Crippen molar-refractivity contribution >= 4 is 34.8 Å². The number of halogens is 2. The van der Waals surface area contributed by atoms with Crippen molar-refractivity contribution in [3.8, 4) is 0 Å². The van der Waals surface area contributed by atoms with E-state index in [9.17, 15) is 4.79 Å². The predicted octanol–water partition coefficient (Wildman–Crippen LogP) is 3.81. The van der Waals surface area contributed by atoms with E-state index in [2.05, 4.69) is 17.3 Å². The Balaban J connectivity index is 1.97. The highest BCUT2D eigenvalue weighted by Crippen LogP contribution is 2.30. The number of carbonyl (C=O) groups is 1. The molecule has 1 saturated heterocycles. The summed E-state index contributed by atoms with van der Waals surface area (Å²) in [5.41, 5.74) is 0.509. The van der Waals surface area contributed by atoms with Crippen LogP contribution in [0.3, 0.4) is 0 Å². The molecule has 0 spiro atoms. The third-order valence-electron chi connectivity index (χ3n) is 3.57. The van der Waals surface area contributed by atoms with Gasteiger partial charge in [0.25, 0.3) is 0 Å². The molecule has 104 valence electrons. The fourth-order valence-corrected chi connectivity index (χ4v) is 2.92. The van der Waals surface area contributed by atoms with Crippen molar-refractivity contribution in [1.82, 2.24) is 4.90 Å². The van der Waals surface area contributed by atoms with Crippen molar-refractivity contribution in [3.63, 3.8) is 0 Å². The van der Waals surface area contributed by atoms with Crippen LogP contribution in [0.5, 0.6) is 0 Å². The Hall–Kier alpha value is -0.770. The number of likely N-dealkylation sites (tertiary alicyclic amines) is 1. The molecule has 1 amide bonds. The van der Waals surface area contributed by atoms with Crippen LogP contribution in [-0.2, 0) is 4.79 Å². The van der Waals surface area contributed by atoms with Gasteiger partial charge in [0.2, 0.25) is 5.91 Å². The van der Waals surface area contributed by atoms with Crippen LogP contribution < -0.4 is 5.32 Å². The van der Waals surface area contributed by atoms with E-state index in [0.717, 1.165) is 13.0 Å². The maximum absolute atomic E-state index is 12.1. The van der Waals surface area contributed by atoms with Crippen molar-refractivity contribution in [1.29, 1.82) is 0 Å². The molecule has 1 fully saturated rings. The van der Waals surface area contributed by atoms with Crippen LogP contribution in [0.15, 0.2) is 18.2 Å². The van der Waals surface area contributed by atoms with Gasteiger partial charge in [-0.3, -0.25) is 4.79 Å². The summed E-state index contributed by atoms with van der Waals surface area (Å²) in [4.78, 5) is 14.3. The molecule has 1 heterocycles. The van der Waals surface area contributed by atoms with Gasteiger partial charge in [-0.1, -0.05) is 35.7 Å². The lowest BCUT2D eigenvalue weighted by Gasteiger charge is -2.32. The molecule has 1 N–H and O–H groups in total. The number of carbonyl (C=O) groups excluding carboxylic acids is 1. The van der Waals surface area contributed by atoms with Gasteiger partial charge < -0.3 is 10.2 Å². The first kappa shape index (κ1) is 14.6. The van der Waals surface area contributed by atoms with Crippen LogP contribution in [-0.4, -0.2) is 30.4 Å². The van der Waals surface area contributed by atoms with Gasteiger partial charge in [0.15, 0.2) is 0 Å². The maximum atomic E-state index is 12.1. The Morgan fingerprint density at radius 2 is 2.05 bits per heavy atom. The molecule has 19 heavy (non-hydrogen) atoms. The number of nitrogens with one attached hydrogen (secondary N) is 1. The maximum Gasteiger partial charge on any atom is 0.226 e. The highest BCUT2D eigenvalue weighted by molar-refractivity contribution is 6.39. The van der Waals surface area contributed by atoms with E-state index < -0.39 is 0 Å². The molecule has 0 aliphatic carbocycles. The second kappa shape index (κ2) is 6.60. The van der Waals surface area contributed by atoms with Crippen molar-refractivity contribution in [3.05, 3.63) is 28.2 Å². The summed E-state index contributed by atoms with van der Waals surface area (Å²) in [5, 5.41) is 3.76. The highest BCUT2D eigenvalue weighted by Gasteiger charge is 2.22. The summed E-state index contributed by atoms with van der Waals surface area (Å²) >= 11 is 12.1. The number of rotatable bonds is 3. The number of nitrogens with zero attached hydrogens (tertiary/aromatic N) is 1. The average Bonchev–Trinajstić information content (AvgIpc) is 2.37. The van der Waals surface area contributed by atoms with E-state index in [-0.39, 0.29) is 5.91 Å². The van der Waals surface area contributed by atoms with E-state index in [0.29, 0.717) is 28.2 Å². The summed E-state index contributed by atoms with van der Waals surface area (Å²) in [6.07, 6.45) is 3.96. The Morgan fingerprint density at radius 1 is 1.37 bits per heavy atom. The van der Waals surface area contributed by atoms with Gasteiger partial charge in [-0.2, -0.15) is 0 Å². The van der Waals surface area contributed by atoms with Crippen LogP contribution in [0.4, 0.5) is 5.69 Å². The van der Waals surface area contributed by atoms with Gasteiger partial charge in [0.1, 0.15) is 0 Å². The minimum Gasteiger partial charge on any atom is -0.323 e. The summed E-state index contributed by atoms with van der Waals surface area (Å²) in [6.45, 7) is 1.06. The van der Waals surface area contributed by atoms with Crippen molar-refractivity contribution in [2.75, 3.05) is 18.9 Å². The molecule has 1 unspecified atom stereocenters. The molecule has 0 aromatic heterocycles. The molecule has 0 bridgehead atoms. The average molecular weight is 301 g/mol. The number of piperidine rings is 1. The van der Waals surface area contributed by atoms with Crippen LogP contribution in [0.1, 0.15) is 25.7 Å². The largest absolute Gasteiger partial charge is 0.323 e.